The van der Waals surface area contributed by atoms with Crippen molar-refractivity contribution in [2.24, 2.45) is 5.73 Å². The number of nitrogens with zero attached hydrogens (tertiary/aromatic N) is 2. The molecule has 1 aromatic heterocycles. The molecule has 2 heterocycles. The van der Waals surface area contributed by atoms with Gasteiger partial charge >= 0.3 is 23.9 Å². The number of rotatable bonds is 8. The molecule has 182 valence electrons. The molecule has 13 nitrogen and oxygen atoms in total. The monoisotopic (exact) mass is 581 g/mol. The number of carbonyl (C=O) groups excluding carboxylic acids is 5. The molecule has 0 radical (unpaired) electrons. The van der Waals surface area contributed by atoms with E-state index in [2.05, 4.69) is 5.10 Å². The van der Waals surface area contributed by atoms with E-state index in [9.17, 15) is 24.0 Å². The Balaban J connectivity index is 2.65. The van der Waals surface area contributed by atoms with Crippen LogP contribution >= 0.6 is 22.6 Å². The highest BCUT2D eigenvalue weighted by Crippen LogP contribution is 2.35. The van der Waals surface area contributed by atoms with Gasteiger partial charge in [-0.1, -0.05) is 22.6 Å². The average Bonchev–Trinajstić information content (AvgIpc) is 3.13. The fourth-order valence-corrected chi connectivity index (χ4v) is 3.66. The summed E-state index contributed by atoms with van der Waals surface area (Å²) in [5.41, 5.74) is 5.89. The van der Waals surface area contributed by atoms with Crippen LogP contribution in [0.25, 0.3) is 0 Å². The largest absolute Gasteiger partial charge is 0.463 e. The Morgan fingerprint density at radius 1 is 0.970 bits per heavy atom. The summed E-state index contributed by atoms with van der Waals surface area (Å²) in [4.78, 5) is 59.0. The fourth-order valence-electron chi connectivity index (χ4n) is 3.29. The number of amides is 1. The molecule has 1 aliphatic rings. The zero-order valence-electron chi connectivity index (χ0n) is 18.3. The van der Waals surface area contributed by atoms with Gasteiger partial charge in [0.05, 0.1) is 5.69 Å². The van der Waals surface area contributed by atoms with E-state index in [0.717, 1.165) is 32.4 Å². The number of halogens is 1. The summed E-state index contributed by atoms with van der Waals surface area (Å²) in [6, 6.07) is 1.43. The van der Waals surface area contributed by atoms with Crippen LogP contribution in [0, 0.1) is 0 Å². The van der Waals surface area contributed by atoms with Gasteiger partial charge < -0.3 is 29.4 Å². The summed E-state index contributed by atoms with van der Waals surface area (Å²) in [7, 11) is 0. The van der Waals surface area contributed by atoms with E-state index < -0.39 is 67.0 Å². The van der Waals surface area contributed by atoms with Crippen molar-refractivity contribution < 1.29 is 47.7 Å². The second-order valence-corrected chi connectivity index (χ2v) is 7.82. The molecule has 1 aromatic rings. The lowest BCUT2D eigenvalue weighted by atomic mass is 9.97. The molecule has 1 fully saturated rings. The fraction of sp³-hybridized carbons (Fsp3) is 0.579. The minimum Gasteiger partial charge on any atom is -0.463 e. The predicted molar refractivity (Wildman–Crippen MR) is 116 cm³/mol. The van der Waals surface area contributed by atoms with Crippen LogP contribution in [-0.2, 0) is 47.3 Å². The molecule has 0 bridgehead atoms. The number of carbonyl (C=O) groups is 5. The molecule has 1 amide bonds. The number of primary amides is 1. The van der Waals surface area contributed by atoms with Crippen molar-refractivity contribution in [3.05, 3.63) is 17.5 Å². The van der Waals surface area contributed by atoms with Crippen LogP contribution < -0.4 is 5.73 Å². The van der Waals surface area contributed by atoms with E-state index >= 15 is 0 Å². The van der Waals surface area contributed by atoms with Crippen molar-refractivity contribution in [1.82, 2.24) is 9.78 Å². The first-order valence-electron chi connectivity index (χ1n) is 9.69. The maximum absolute atomic E-state index is 12.1. The van der Waals surface area contributed by atoms with Crippen LogP contribution in [0.4, 0.5) is 0 Å². The number of nitrogens with two attached hydrogens (primary N) is 1. The van der Waals surface area contributed by atoms with Crippen LogP contribution in [-0.4, -0.2) is 70.6 Å². The van der Waals surface area contributed by atoms with Crippen molar-refractivity contribution in [1.29, 1.82) is 0 Å². The van der Waals surface area contributed by atoms with Gasteiger partial charge in [0.15, 0.2) is 24.5 Å². The number of aromatic nitrogens is 2. The molecule has 1 unspecified atom stereocenters. The number of hydrogen-bond acceptors (Lipinski definition) is 11. The Hall–Kier alpha value is -2.75. The molecule has 0 spiro atoms. The molecule has 1 aliphatic heterocycles. The third-order valence-corrected chi connectivity index (χ3v) is 5.16. The van der Waals surface area contributed by atoms with Crippen LogP contribution in [0.15, 0.2) is 6.07 Å². The van der Waals surface area contributed by atoms with E-state index in [1.165, 1.54) is 6.07 Å². The third kappa shape index (κ3) is 6.86. The van der Waals surface area contributed by atoms with Gasteiger partial charge in [-0.15, -0.1) is 0 Å². The standard InChI is InChI=1S/C19H24IN3O10/c1-8(24)29-7-14-15(30-9(2)25)16(31-10(3)26)17(32-11(4)27)19(33-14)23-13(18(21)28)5-12(6-20)22-23/h5,14-17,19H,6-7H2,1-4H3,(H2,21,28)/t14-,15-,16+,17-,19?/m0/s1. The van der Waals surface area contributed by atoms with Gasteiger partial charge in [-0.05, 0) is 6.07 Å². The maximum atomic E-state index is 12.1. The minimum atomic E-state index is -1.40. The molecular weight excluding hydrogens is 557 g/mol. The Kier molecular flexibility index (Phi) is 9.16. The van der Waals surface area contributed by atoms with Gasteiger partial charge in [0.2, 0.25) is 0 Å². The SMILES string of the molecule is CC(=O)OC[C@@H]1OC(n2nc(CI)cc2C(N)=O)[C@@H](OC(C)=O)[C@H](OC(C)=O)[C@H]1OC(C)=O. The van der Waals surface area contributed by atoms with Gasteiger partial charge in [-0.2, -0.15) is 5.10 Å². The first-order chi connectivity index (χ1) is 15.4. The highest BCUT2D eigenvalue weighted by atomic mass is 127. The number of ether oxygens (including phenoxy) is 5. The predicted octanol–water partition coefficient (Wildman–Crippen LogP) is 0.173. The van der Waals surface area contributed by atoms with Crippen molar-refractivity contribution in [2.45, 2.75) is 62.8 Å². The van der Waals surface area contributed by atoms with E-state index in [0.29, 0.717) is 10.1 Å². The van der Waals surface area contributed by atoms with Gasteiger partial charge in [0.25, 0.3) is 5.91 Å². The van der Waals surface area contributed by atoms with Gasteiger partial charge in [-0.3, -0.25) is 24.0 Å². The highest BCUT2D eigenvalue weighted by Gasteiger charge is 2.53. The topological polar surface area (TPSA) is 175 Å². The lowest BCUT2D eigenvalue weighted by Gasteiger charge is -2.44. The maximum Gasteiger partial charge on any atom is 0.303 e. The molecule has 0 aliphatic carbocycles. The number of alkyl halides is 1. The lowest BCUT2D eigenvalue weighted by Crippen LogP contribution is -2.61. The molecule has 0 saturated carbocycles. The zero-order chi connectivity index (χ0) is 24.9. The Labute approximate surface area is 202 Å². The quantitative estimate of drug-likeness (QED) is 0.192. The van der Waals surface area contributed by atoms with Crippen molar-refractivity contribution in [3.63, 3.8) is 0 Å². The normalized spacial score (nSPS) is 24.5. The van der Waals surface area contributed by atoms with E-state index in [1.807, 2.05) is 22.6 Å². The molecule has 5 atom stereocenters. The molecular formula is C19H24IN3O10. The van der Waals surface area contributed by atoms with Crippen LogP contribution in [0.1, 0.15) is 50.1 Å². The summed E-state index contributed by atoms with van der Waals surface area (Å²) in [6.07, 6.45) is -6.62. The highest BCUT2D eigenvalue weighted by molar-refractivity contribution is 14.1. The Morgan fingerprint density at radius 2 is 1.52 bits per heavy atom. The number of esters is 4. The van der Waals surface area contributed by atoms with Crippen LogP contribution in [0.5, 0.6) is 0 Å². The smallest absolute Gasteiger partial charge is 0.303 e. The summed E-state index contributed by atoms with van der Waals surface area (Å²) >= 11 is 2.03. The van der Waals surface area contributed by atoms with E-state index in [-0.39, 0.29) is 5.69 Å². The number of hydrogen-bond donors (Lipinski definition) is 1. The lowest BCUT2D eigenvalue weighted by molar-refractivity contribution is -0.270. The van der Waals surface area contributed by atoms with Gasteiger partial charge in [-0.25, -0.2) is 4.68 Å². The second-order valence-electron chi connectivity index (χ2n) is 7.05. The third-order valence-electron chi connectivity index (χ3n) is 4.38. The zero-order valence-corrected chi connectivity index (χ0v) is 20.5. The second kappa shape index (κ2) is 11.4. The van der Waals surface area contributed by atoms with Crippen LogP contribution in [0.3, 0.4) is 0 Å². The average molecular weight is 581 g/mol. The van der Waals surface area contributed by atoms with Crippen molar-refractivity contribution in [2.75, 3.05) is 6.61 Å². The summed E-state index contributed by atoms with van der Waals surface area (Å²) in [6.45, 7) is 4.10. The minimum absolute atomic E-state index is 0.0671. The Morgan fingerprint density at radius 3 is 2.00 bits per heavy atom. The van der Waals surface area contributed by atoms with Crippen molar-refractivity contribution in [3.8, 4) is 0 Å². The first-order valence-corrected chi connectivity index (χ1v) is 11.2. The molecule has 2 rings (SSSR count). The first kappa shape index (κ1) is 26.5. The van der Waals surface area contributed by atoms with Gasteiger partial charge in [0, 0.05) is 32.1 Å². The van der Waals surface area contributed by atoms with Gasteiger partial charge in [0.1, 0.15) is 18.4 Å². The Bertz CT molecular complexity index is 933. The molecule has 0 aromatic carbocycles. The molecule has 33 heavy (non-hydrogen) atoms. The summed E-state index contributed by atoms with van der Waals surface area (Å²) in [5, 5.41) is 4.30. The summed E-state index contributed by atoms with van der Waals surface area (Å²) in [5.74, 6) is -3.78. The molecule has 2 N–H and O–H groups in total. The molecule has 14 heteroatoms. The van der Waals surface area contributed by atoms with Crippen molar-refractivity contribution >= 4 is 52.4 Å². The van der Waals surface area contributed by atoms with E-state index in [4.69, 9.17) is 29.4 Å². The molecule has 1 saturated heterocycles. The van der Waals surface area contributed by atoms with E-state index in [1.54, 1.807) is 0 Å². The summed E-state index contributed by atoms with van der Waals surface area (Å²) < 4.78 is 28.6. The van der Waals surface area contributed by atoms with Crippen LogP contribution in [0.2, 0.25) is 0 Å².